The number of nitrogens with zero attached hydrogens (tertiary/aromatic N) is 2. The van der Waals surface area contributed by atoms with Crippen LogP contribution in [0.4, 0.5) is 0 Å². The van der Waals surface area contributed by atoms with Crippen LogP contribution in [0.5, 0.6) is 0 Å². The summed E-state index contributed by atoms with van der Waals surface area (Å²) < 4.78 is 26.9. The van der Waals surface area contributed by atoms with Gasteiger partial charge in [-0.2, -0.15) is 4.31 Å². The molecular formula is C18H26N2O5S. The molecule has 0 bridgehead atoms. The highest BCUT2D eigenvalue weighted by Gasteiger charge is 2.28. The molecule has 144 valence electrons. The molecule has 7 nitrogen and oxygen atoms in total. The van der Waals surface area contributed by atoms with Gasteiger partial charge in [-0.15, -0.1) is 0 Å². The van der Waals surface area contributed by atoms with Gasteiger partial charge < -0.3 is 10.0 Å². The van der Waals surface area contributed by atoms with E-state index < -0.39 is 22.5 Å². The number of fused-ring (bicyclic) bond motifs is 1. The van der Waals surface area contributed by atoms with E-state index in [1.165, 1.54) is 13.0 Å². The lowest BCUT2D eigenvalue weighted by Gasteiger charge is -2.22. The van der Waals surface area contributed by atoms with Gasteiger partial charge in [-0.05, 0) is 42.0 Å². The molecule has 0 aromatic heterocycles. The lowest BCUT2D eigenvalue weighted by Crippen LogP contribution is -2.38. The zero-order valence-corrected chi connectivity index (χ0v) is 16.3. The maximum atomic E-state index is 12.9. The van der Waals surface area contributed by atoms with Crippen LogP contribution in [0, 0.1) is 5.92 Å². The Morgan fingerprint density at radius 2 is 1.81 bits per heavy atom. The molecule has 2 rings (SSSR count). The van der Waals surface area contributed by atoms with Crippen molar-refractivity contribution in [3.8, 4) is 0 Å². The molecule has 26 heavy (non-hydrogen) atoms. The first kappa shape index (κ1) is 20.4. The standard InChI is InChI=1S/C18H26N2O5S/c1-13(2)11-20(12-18(22)23)26(24,25)17-5-4-15-6-8-19(14(3)21)9-7-16(15)10-17/h4-5,10,13H,6-9,11-12H2,1-3H3,(H,22,23). The van der Waals surface area contributed by atoms with E-state index in [4.69, 9.17) is 5.11 Å². The predicted octanol–water partition coefficient (Wildman–Crippen LogP) is 1.36. The van der Waals surface area contributed by atoms with E-state index in [9.17, 15) is 18.0 Å². The first-order chi connectivity index (χ1) is 12.1. The van der Waals surface area contributed by atoms with Gasteiger partial charge >= 0.3 is 5.97 Å². The van der Waals surface area contributed by atoms with E-state index in [0.717, 1.165) is 15.4 Å². The molecule has 1 aromatic rings. The third-order valence-electron chi connectivity index (χ3n) is 4.44. The smallest absolute Gasteiger partial charge is 0.318 e. The number of carboxylic acids is 1. The van der Waals surface area contributed by atoms with Crippen molar-refractivity contribution in [2.75, 3.05) is 26.2 Å². The van der Waals surface area contributed by atoms with Gasteiger partial charge in [-0.1, -0.05) is 19.9 Å². The topological polar surface area (TPSA) is 95.0 Å². The lowest BCUT2D eigenvalue weighted by atomic mass is 10.0. The first-order valence-electron chi connectivity index (χ1n) is 8.70. The van der Waals surface area contributed by atoms with Gasteiger partial charge in [0.1, 0.15) is 6.54 Å². The van der Waals surface area contributed by atoms with Crippen molar-refractivity contribution < 1.29 is 23.1 Å². The lowest BCUT2D eigenvalue weighted by molar-refractivity contribution is -0.137. The Labute approximate surface area is 154 Å². The summed E-state index contributed by atoms with van der Waals surface area (Å²) in [5.41, 5.74) is 1.93. The number of rotatable bonds is 6. The number of aliphatic carboxylic acids is 1. The molecule has 0 radical (unpaired) electrons. The quantitative estimate of drug-likeness (QED) is 0.802. The summed E-state index contributed by atoms with van der Waals surface area (Å²) in [6.45, 7) is 5.97. The molecule has 0 fully saturated rings. The predicted molar refractivity (Wildman–Crippen MR) is 97.3 cm³/mol. The number of sulfonamides is 1. The van der Waals surface area contributed by atoms with Gasteiger partial charge in [0.25, 0.3) is 0 Å². The van der Waals surface area contributed by atoms with E-state index >= 15 is 0 Å². The minimum Gasteiger partial charge on any atom is -0.480 e. The van der Waals surface area contributed by atoms with E-state index in [-0.39, 0.29) is 23.3 Å². The van der Waals surface area contributed by atoms with Crippen molar-refractivity contribution in [3.05, 3.63) is 29.3 Å². The summed E-state index contributed by atoms with van der Waals surface area (Å²) in [5, 5.41) is 9.07. The van der Waals surface area contributed by atoms with Crippen molar-refractivity contribution in [1.29, 1.82) is 0 Å². The average molecular weight is 382 g/mol. The highest BCUT2D eigenvalue weighted by atomic mass is 32.2. The number of carbonyl (C=O) groups is 2. The van der Waals surface area contributed by atoms with Crippen molar-refractivity contribution in [3.63, 3.8) is 0 Å². The van der Waals surface area contributed by atoms with Crippen LogP contribution in [-0.2, 0) is 32.5 Å². The molecule has 8 heteroatoms. The molecule has 1 aromatic carbocycles. The Bertz CT molecular complexity index is 789. The Hall–Kier alpha value is -1.93. The zero-order chi connectivity index (χ0) is 19.5. The third kappa shape index (κ3) is 4.82. The summed E-state index contributed by atoms with van der Waals surface area (Å²) >= 11 is 0. The van der Waals surface area contributed by atoms with Gasteiger partial charge in [0, 0.05) is 26.6 Å². The van der Waals surface area contributed by atoms with E-state index in [1.54, 1.807) is 17.0 Å². The van der Waals surface area contributed by atoms with Gasteiger partial charge in [-0.25, -0.2) is 8.42 Å². The number of amides is 1. The van der Waals surface area contributed by atoms with Crippen LogP contribution in [0.15, 0.2) is 23.1 Å². The first-order valence-corrected chi connectivity index (χ1v) is 10.1. The number of carbonyl (C=O) groups excluding carboxylic acids is 1. The third-order valence-corrected chi connectivity index (χ3v) is 6.25. The molecule has 0 saturated carbocycles. The molecular weight excluding hydrogens is 356 g/mol. The maximum Gasteiger partial charge on any atom is 0.318 e. The molecule has 0 atom stereocenters. The van der Waals surface area contributed by atoms with Crippen LogP contribution in [-0.4, -0.2) is 60.8 Å². The Morgan fingerprint density at radius 3 is 2.35 bits per heavy atom. The van der Waals surface area contributed by atoms with Gasteiger partial charge in [0.05, 0.1) is 4.90 Å². The number of benzene rings is 1. The van der Waals surface area contributed by atoms with Crippen molar-refractivity contribution in [2.24, 2.45) is 5.92 Å². The van der Waals surface area contributed by atoms with Crippen LogP contribution in [0.2, 0.25) is 0 Å². The molecule has 1 amide bonds. The minimum absolute atomic E-state index is 0.00840. The summed E-state index contributed by atoms with van der Waals surface area (Å²) in [5.74, 6) is -1.16. The molecule has 0 aliphatic carbocycles. The molecule has 0 saturated heterocycles. The molecule has 1 aliphatic heterocycles. The average Bonchev–Trinajstić information content (AvgIpc) is 2.75. The fourth-order valence-electron chi connectivity index (χ4n) is 3.13. The SMILES string of the molecule is CC(=O)N1CCc2ccc(S(=O)(=O)N(CC(=O)O)CC(C)C)cc2CC1. The van der Waals surface area contributed by atoms with Gasteiger partial charge in [0.15, 0.2) is 0 Å². The van der Waals surface area contributed by atoms with Gasteiger partial charge in [-0.3, -0.25) is 9.59 Å². The molecule has 1 heterocycles. The van der Waals surface area contributed by atoms with Gasteiger partial charge in [0.2, 0.25) is 15.9 Å². The molecule has 1 aliphatic rings. The summed E-state index contributed by atoms with van der Waals surface area (Å²) in [6, 6.07) is 4.94. The van der Waals surface area contributed by atoms with Crippen molar-refractivity contribution in [1.82, 2.24) is 9.21 Å². The maximum absolute atomic E-state index is 12.9. The molecule has 0 spiro atoms. The van der Waals surface area contributed by atoms with E-state index in [0.29, 0.717) is 25.9 Å². The van der Waals surface area contributed by atoms with Crippen LogP contribution in [0.25, 0.3) is 0 Å². The summed E-state index contributed by atoms with van der Waals surface area (Å²) in [7, 11) is -3.89. The highest BCUT2D eigenvalue weighted by molar-refractivity contribution is 7.89. The largest absolute Gasteiger partial charge is 0.480 e. The number of hydrogen-bond acceptors (Lipinski definition) is 4. The monoisotopic (exact) mass is 382 g/mol. The molecule has 1 N–H and O–H groups in total. The van der Waals surface area contributed by atoms with Crippen molar-refractivity contribution >= 4 is 21.9 Å². The Balaban J connectivity index is 2.33. The van der Waals surface area contributed by atoms with Crippen LogP contribution in [0.3, 0.4) is 0 Å². The fraction of sp³-hybridized carbons (Fsp3) is 0.556. The summed E-state index contributed by atoms with van der Waals surface area (Å²) in [6.07, 6.45) is 1.27. The second-order valence-electron chi connectivity index (χ2n) is 7.02. The number of carboxylic acid groups (broad SMARTS) is 1. The Morgan fingerprint density at radius 1 is 1.19 bits per heavy atom. The zero-order valence-electron chi connectivity index (χ0n) is 15.4. The fourth-order valence-corrected chi connectivity index (χ4v) is 4.74. The van der Waals surface area contributed by atoms with E-state index in [2.05, 4.69) is 0 Å². The summed E-state index contributed by atoms with van der Waals surface area (Å²) in [4.78, 5) is 24.6. The minimum atomic E-state index is -3.89. The van der Waals surface area contributed by atoms with Crippen LogP contribution < -0.4 is 0 Å². The Kier molecular flexibility index (Phi) is 6.41. The second kappa shape index (κ2) is 8.18. The van der Waals surface area contributed by atoms with Crippen molar-refractivity contribution in [2.45, 2.75) is 38.5 Å². The normalized spacial score (nSPS) is 15.0. The second-order valence-corrected chi connectivity index (χ2v) is 8.96. The van der Waals surface area contributed by atoms with Crippen LogP contribution >= 0.6 is 0 Å². The molecule has 0 unspecified atom stereocenters. The van der Waals surface area contributed by atoms with E-state index in [1.807, 2.05) is 13.8 Å². The number of hydrogen-bond donors (Lipinski definition) is 1. The van der Waals surface area contributed by atoms with Crippen LogP contribution in [0.1, 0.15) is 31.9 Å². The highest BCUT2D eigenvalue weighted by Crippen LogP contribution is 2.23.